The fourth-order valence-electron chi connectivity index (χ4n) is 2.80. The van der Waals surface area contributed by atoms with Crippen molar-refractivity contribution in [3.63, 3.8) is 0 Å². The summed E-state index contributed by atoms with van der Waals surface area (Å²) in [5.74, 6) is 0.951. The van der Waals surface area contributed by atoms with Crippen molar-refractivity contribution in [2.24, 2.45) is 5.92 Å². The molecule has 0 saturated carbocycles. The van der Waals surface area contributed by atoms with Crippen molar-refractivity contribution in [2.75, 3.05) is 32.8 Å². The van der Waals surface area contributed by atoms with Crippen LogP contribution in [0.2, 0.25) is 0 Å². The van der Waals surface area contributed by atoms with Gasteiger partial charge in [0.2, 0.25) is 0 Å². The minimum atomic E-state index is 0.421. The van der Waals surface area contributed by atoms with E-state index in [-0.39, 0.29) is 0 Å². The van der Waals surface area contributed by atoms with Crippen molar-refractivity contribution in [1.29, 1.82) is 0 Å². The SMILES string of the molecule is CC1CN(CCC2CCNCC2)C(C)CO1. The van der Waals surface area contributed by atoms with Gasteiger partial charge in [-0.2, -0.15) is 0 Å². The number of ether oxygens (including phenoxy) is 1. The zero-order valence-corrected chi connectivity index (χ0v) is 10.7. The lowest BCUT2D eigenvalue weighted by Crippen LogP contribution is -2.48. The second-order valence-electron chi connectivity index (χ2n) is 5.47. The third-order valence-electron chi connectivity index (χ3n) is 4.02. The highest BCUT2D eigenvalue weighted by Gasteiger charge is 2.24. The summed E-state index contributed by atoms with van der Waals surface area (Å²) in [4.78, 5) is 2.61. The molecular weight excluding hydrogens is 200 g/mol. The lowest BCUT2D eigenvalue weighted by molar-refractivity contribution is -0.0510. The maximum atomic E-state index is 5.66. The second kappa shape index (κ2) is 5.99. The Hall–Kier alpha value is -0.120. The summed E-state index contributed by atoms with van der Waals surface area (Å²) in [6.07, 6.45) is 4.53. The number of piperidine rings is 1. The summed E-state index contributed by atoms with van der Waals surface area (Å²) in [7, 11) is 0. The van der Waals surface area contributed by atoms with Crippen LogP contribution in [-0.2, 0) is 4.74 Å². The summed E-state index contributed by atoms with van der Waals surface area (Å²) >= 11 is 0. The highest BCUT2D eigenvalue weighted by molar-refractivity contribution is 4.77. The van der Waals surface area contributed by atoms with Crippen LogP contribution in [0.15, 0.2) is 0 Å². The Kier molecular flexibility index (Phi) is 4.62. The topological polar surface area (TPSA) is 24.5 Å². The van der Waals surface area contributed by atoms with E-state index in [2.05, 4.69) is 24.1 Å². The largest absolute Gasteiger partial charge is 0.376 e. The monoisotopic (exact) mass is 226 g/mol. The number of rotatable bonds is 3. The third kappa shape index (κ3) is 3.44. The molecular formula is C13H26N2O. The first-order chi connectivity index (χ1) is 7.75. The molecule has 2 fully saturated rings. The molecule has 2 aliphatic rings. The molecule has 3 nitrogen and oxygen atoms in total. The van der Waals surface area contributed by atoms with Gasteiger partial charge in [-0.3, -0.25) is 4.90 Å². The van der Waals surface area contributed by atoms with Crippen LogP contribution in [0.5, 0.6) is 0 Å². The van der Waals surface area contributed by atoms with E-state index in [0.29, 0.717) is 12.1 Å². The third-order valence-corrected chi connectivity index (χ3v) is 4.02. The van der Waals surface area contributed by atoms with Gasteiger partial charge < -0.3 is 10.1 Å². The second-order valence-corrected chi connectivity index (χ2v) is 5.47. The zero-order chi connectivity index (χ0) is 11.4. The summed E-state index contributed by atoms with van der Waals surface area (Å²) in [5.41, 5.74) is 0. The van der Waals surface area contributed by atoms with Gasteiger partial charge in [-0.1, -0.05) is 0 Å². The minimum absolute atomic E-state index is 0.421. The maximum Gasteiger partial charge on any atom is 0.0674 e. The molecule has 2 aliphatic heterocycles. The standard InChI is InChI=1S/C13H26N2O/c1-11-10-16-12(2)9-15(11)8-5-13-3-6-14-7-4-13/h11-14H,3-10H2,1-2H3. The molecule has 16 heavy (non-hydrogen) atoms. The van der Waals surface area contributed by atoms with Gasteiger partial charge in [-0.05, 0) is 58.7 Å². The van der Waals surface area contributed by atoms with Gasteiger partial charge in [0.1, 0.15) is 0 Å². The summed E-state index contributed by atoms with van der Waals surface area (Å²) in [5, 5.41) is 3.43. The fourth-order valence-corrected chi connectivity index (χ4v) is 2.80. The summed E-state index contributed by atoms with van der Waals surface area (Å²) in [6, 6.07) is 0.609. The number of hydrogen-bond acceptors (Lipinski definition) is 3. The number of nitrogens with zero attached hydrogens (tertiary/aromatic N) is 1. The Bertz CT molecular complexity index is 204. The number of nitrogens with one attached hydrogen (secondary N) is 1. The zero-order valence-electron chi connectivity index (χ0n) is 10.7. The molecule has 0 amide bonds. The molecule has 2 heterocycles. The van der Waals surface area contributed by atoms with E-state index in [1.165, 1.54) is 38.9 Å². The molecule has 2 rings (SSSR count). The molecule has 0 radical (unpaired) electrons. The van der Waals surface area contributed by atoms with Crippen LogP contribution in [0.25, 0.3) is 0 Å². The Morgan fingerprint density at radius 3 is 2.75 bits per heavy atom. The predicted octanol–water partition coefficient (Wildman–Crippen LogP) is 1.49. The predicted molar refractivity (Wildman–Crippen MR) is 66.7 cm³/mol. The number of morpholine rings is 1. The van der Waals surface area contributed by atoms with Crippen LogP contribution in [0, 0.1) is 5.92 Å². The molecule has 2 unspecified atom stereocenters. The van der Waals surface area contributed by atoms with Crippen molar-refractivity contribution in [3.05, 3.63) is 0 Å². The smallest absolute Gasteiger partial charge is 0.0674 e. The van der Waals surface area contributed by atoms with Crippen LogP contribution in [0.1, 0.15) is 33.1 Å². The van der Waals surface area contributed by atoms with Crippen LogP contribution < -0.4 is 5.32 Å². The molecule has 0 aliphatic carbocycles. The van der Waals surface area contributed by atoms with Crippen LogP contribution in [-0.4, -0.2) is 49.8 Å². The lowest BCUT2D eigenvalue weighted by atomic mass is 9.94. The first-order valence-corrected chi connectivity index (χ1v) is 6.82. The maximum absolute atomic E-state index is 5.66. The minimum Gasteiger partial charge on any atom is -0.376 e. The molecule has 94 valence electrons. The summed E-state index contributed by atoms with van der Waals surface area (Å²) in [6.45, 7) is 10.2. The van der Waals surface area contributed by atoms with E-state index in [1.807, 2.05) is 0 Å². The van der Waals surface area contributed by atoms with E-state index in [1.54, 1.807) is 0 Å². The Morgan fingerprint density at radius 2 is 2.00 bits per heavy atom. The van der Waals surface area contributed by atoms with Crippen molar-refractivity contribution in [1.82, 2.24) is 10.2 Å². The Balaban J connectivity index is 1.71. The van der Waals surface area contributed by atoms with Crippen molar-refractivity contribution in [2.45, 2.75) is 45.3 Å². The van der Waals surface area contributed by atoms with E-state index in [9.17, 15) is 0 Å². The van der Waals surface area contributed by atoms with Gasteiger partial charge in [0.15, 0.2) is 0 Å². The van der Waals surface area contributed by atoms with Crippen molar-refractivity contribution in [3.8, 4) is 0 Å². The number of hydrogen-bond donors (Lipinski definition) is 1. The van der Waals surface area contributed by atoms with Crippen molar-refractivity contribution >= 4 is 0 Å². The molecule has 2 saturated heterocycles. The first kappa shape index (κ1) is 12.3. The highest BCUT2D eigenvalue weighted by atomic mass is 16.5. The van der Waals surface area contributed by atoms with Crippen LogP contribution in [0.3, 0.4) is 0 Å². The molecule has 1 N–H and O–H groups in total. The molecule has 0 spiro atoms. The lowest BCUT2D eigenvalue weighted by Gasteiger charge is -2.37. The van der Waals surface area contributed by atoms with E-state index in [4.69, 9.17) is 4.74 Å². The quantitative estimate of drug-likeness (QED) is 0.789. The molecule has 0 bridgehead atoms. The van der Waals surface area contributed by atoms with Crippen LogP contribution in [0.4, 0.5) is 0 Å². The average Bonchev–Trinajstić information content (AvgIpc) is 2.32. The van der Waals surface area contributed by atoms with Crippen molar-refractivity contribution < 1.29 is 4.74 Å². The van der Waals surface area contributed by atoms with Gasteiger partial charge in [0.25, 0.3) is 0 Å². The van der Waals surface area contributed by atoms with Gasteiger partial charge >= 0.3 is 0 Å². The molecule has 3 heteroatoms. The molecule has 0 aromatic heterocycles. The Labute approximate surface area is 99.5 Å². The molecule has 2 atom stereocenters. The molecule has 0 aromatic rings. The fraction of sp³-hybridized carbons (Fsp3) is 1.00. The average molecular weight is 226 g/mol. The first-order valence-electron chi connectivity index (χ1n) is 6.82. The van der Waals surface area contributed by atoms with Gasteiger partial charge in [0, 0.05) is 12.6 Å². The van der Waals surface area contributed by atoms with E-state index in [0.717, 1.165) is 19.1 Å². The normalized spacial score (nSPS) is 34.1. The van der Waals surface area contributed by atoms with Gasteiger partial charge in [-0.25, -0.2) is 0 Å². The van der Waals surface area contributed by atoms with Gasteiger partial charge in [0.05, 0.1) is 12.7 Å². The van der Waals surface area contributed by atoms with E-state index >= 15 is 0 Å². The van der Waals surface area contributed by atoms with E-state index < -0.39 is 0 Å². The highest BCUT2D eigenvalue weighted by Crippen LogP contribution is 2.19. The van der Waals surface area contributed by atoms with Gasteiger partial charge in [-0.15, -0.1) is 0 Å². The summed E-state index contributed by atoms with van der Waals surface area (Å²) < 4.78 is 5.66. The Morgan fingerprint density at radius 1 is 1.25 bits per heavy atom. The molecule has 0 aromatic carbocycles. The van der Waals surface area contributed by atoms with Crippen LogP contribution >= 0.6 is 0 Å².